The Morgan fingerprint density at radius 1 is 1.00 bits per heavy atom. The van der Waals surface area contributed by atoms with Crippen LogP contribution < -0.4 is 16.0 Å². The summed E-state index contributed by atoms with van der Waals surface area (Å²) >= 11 is 0. The minimum atomic E-state index is -0.931. The number of aromatic nitrogens is 1. The topological polar surface area (TPSA) is 120 Å². The summed E-state index contributed by atoms with van der Waals surface area (Å²) < 4.78 is 0. The van der Waals surface area contributed by atoms with Gasteiger partial charge in [0.05, 0.1) is 11.8 Å². The normalized spacial score (nSPS) is 17.6. The van der Waals surface area contributed by atoms with Gasteiger partial charge in [-0.25, -0.2) is 4.79 Å². The molecule has 1 aliphatic rings. The van der Waals surface area contributed by atoms with Crippen molar-refractivity contribution < 1.29 is 19.5 Å². The highest BCUT2D eigenvalue weighted by atomic mass is 16.4. The number of anilines is 1. The Labute approximate surface area is 156 Å². The van der Waals surface area contributed by atoms with Crippen LogP contribution in [0.15, 0.2) is 48.8 Å². The Hall–Kier alpha value is -3.42. The molecule has 0 bridgehead atoms. The van der Waals surface area contributed by atoms with Gasteiger partial charge in [-0.05, 0) is 41.8 Å². The Bertz CT molecular complexity index is 841. The van der Waals surface area contributed by atoms with Crippen LogP contribution in [0.25, 0.3) is 0 Å². The van der Waals surface area contributed by atoms with E-state index in [1.165, 1.54) is 0 Å². The van der Waals surface area contributed by atoms with Crippen LogP contribution in [0.1, 0.15) is 17.5 Å². The van der Waals surface area contributed by atoms with Gasteiger partial charge in [-0.2, -0.15) is 0 Å². The lowest BCUT2D eigenvalue weighted by atomic mass is 10.2. The van der Waals surface area contributed by atoms with Crippen molar-refractivity contribution in [3.63, 3.8) is 0 Å². The Kier molecular flexibility index (Phi) is 5.65. The first-order valence-corrected chi connectivity index (χ1v) is 8.56. The summed E-state index contributed by atoms with van der Waals surface area (Å²) in [6.45, 7) is 0.659. The molecule has 2 atom stereocenters. The molecule has 3 amide bonds. The van der Waals surface area contributed by atoms with Crippen LogP contribution in [0.4, 0.5) is 10.5 Å². The predicted molar refractivity (Wildman–Crippen MR) is 97.6 cm³/mol. The minimum absolute atomic E-state index is 0.254. The maximum Gasteiger partial charge on any atom is 0.319 e. The molecule has 1 fully saturated rings. The summed E-state index contributed by atoms with van der Waals surface area (Å²) in [5.41, 5.74) is 2.35. The van der Waals surface area contributed by atoms with Gasteiger partial charge in [-0.3, -0.25) is 14.6 Å². The fourth-order valence-electron chi connectivity index (χ4n) is 2.70. The highest BCUT2D eigenvalue weighted by Crippen LogP contribution is 2.38. The average Bonchev–Trinajstić information content (AvgIpc) is 3.47. The van der Waals surface area contributed by atoms with E-state index in [2.05, 4.69) is 20.9 Å². The zero-order valence-electron chi connectivity index (χ0n) is 14.5. The Morgan fingerprint density at radius 2 is 1.74 bits per heavy atom. The number of rotatable bonds is 7. The smallest absolute Gasteiger partial charge is 0.319 e. The standard InChI is InChI=1S/C19H20N4O4/c24-17(15-9-16(15)18(25)26)21-11-13-2-1-3-14(8-13)23-19(27)22-10-12-4-6-20-7-5-12/h1-8,15-16H,9-11H2,(H,21,24)(H,25,26)(H2,22,23,27). The summed E-state index contributed by atoms with van der Waals surface area (Å²) in [5.74, 6) is -2.19. The lowest BCUT2D eigenvalue weighted by Gasteiger charge is -2.10. The van der Waals surface area contributed by atoms with E-state index >= 15 is 0 Å². The molecule has 3 rings (SSSR count). The van der Waals surface area contributed by atoms with Gasteiger partial charge in [0.15, 0.2) is 0 Å². The number of carboxylic acids is 1. The molecule has 0 saturated heterocycles. The maximum atomic E-state index is 12.0. The lowest BCUT2D eigenvalue weighted by molar-refractivity contribution is -0.140. The van der Waals surface area contributed by atoms with Crippen molar-refractivity contribution in [2.24, 2.45) is 11.8 Å². The number of carbonyl (C=O) groups is 3. The molecular formula is C19H20N4O4. The van der Waals surface area contributed by atoms with E-state index in [4.69, 9.17) is 5.11 Å². The van der Waals surface area contributed by atoms with Crippen LogP contribution >= 0.6 is 0 Å². The van der Waals surface area contributed by atoms with Crippen molar-refractivity contribution in [2.75, 3.05) is 5.32 Å². The van der Waals surface area contributed by atoms with Crippen molar-refractivity contribution in [1.82, 2.24) is 15.6 Å². The third kappa shape index (κ3) is 5.27. The predicted octanol–water partition coefficient (Wildman–Crippen LogP) is 1.74. The Morgan fingerprint density at radius 3 is 2.44 bits per heavy atom. The molecule has 1 aromatic carbocycles. The van der Waals surface area contributed by atoms with E-state index < -0.39 is 17.8 Å². The third-order valence-electron chi connectivity index (χ3n) is 4.30. The van der Waals surface area contributed by atoms with Crippen LogP contribution in [-0.2, 0) is 22.7 Å². The second-order valence-electron chi connectivity index (χ2n) is 6.37. The van der Waals surface area contributed by atoms with E-state index in [-0.39, 0.29) is 18.5 Å². The van der Waals surface area contributed by atoms with Crippen molar-refractivity contribution in [3.8, 4) is 0 Å². The van der Waals surface area contributed by atoms with Gasteiger partial charge in [0.2, 0.25) is 5.91 Å². The van der Waals surface area contributed by atoms with Gasteiger partial charge in [-0.1, -0.05) is 12.1 Å². The van der Waals surface area contributed by atoms with Gasteiger partial charge in [0, 0.05) is 31.2 Å². The number of nitrogens with zero attached hydrogens (tertiary/aromatic N) is 1. The molecule has 0 radical (unpaired) electrons. The van der Waals surface area contributed by atoms with Crippen LogP contribution in [0, 0.1) is 11.8 Å². The zero-order valence-corrected chi connectivity index (χ0v) is 14.5. The number of urea groups is 1. The molecular weight excluding hydrogens is 348 g/mol. The second-order valence-corrected chi connectivity index (χ2v) is 6.37. The summed E-state index contributed by atoms with van der Waals surface area (Å²) in [5, 5.41) is 17.1. The monoisotopic (exact) mass is 368 g/mol. The lowest BCUT2D eigenvalue weighted by Crippen LogP contribution is -2.28. The number of benzene rings is 1. The molecule has 1 heterocycles. The number of carboxylic acid groups (broad SMARTS) is 1. The number of pyridine rings is 1. The van der Waals surface area contributed by atoms with E-state index in [0.29, 0.717) is 18.7 Å². The molecule has 8 nitrogen and oxygen atoms in total. The first-order chi connectivity index (χ1) is 13.0. The minimum Gasteiger partial charge on any atom is -0.481 e. The maximum absolute atomic E-state index is 12.0. The number of carbonyl (C=O) groups excluding carboxylic acids is 2. The van der Waals surface area contributed by atoms with Crippen molar-refractivity contribution in [3.05, 3.63) is 59.9 Å². The summed E-state index contributed by atoms with van der Waals surface area (Å²) in [4.78, 5) is 38.6. The summed E-state index contributed by atoms with van der Waals surface area (Å²) in [7, 11) is 0. The average molecular weight is 368 g/mol. The van der Waals surface area contributed by atoms with E-state index in [1.54, 1.807) is 30.6 Å². The molecule has 0 aliphatic heterocycles. The van der Waals surface area contributed by atoms with E-state index in [1.807, 2.05) is 18.2 Å². The highest BCUT2D eigenvalue weighted by molar-refractivity contribution is 5.90. The number of aliphatic carboxylic acids is 1. The summed E-state index contributed by atoms with van der Waals surface area (Å²) in [6.07, 6.45) is 3.71. The van der Waals surface area contributed by atoms with Crippen LogP contribution in [0.5, 0.6) is 0 Å². The van der Waals surface area contributed by atoms with Crippen molar-refractivity contribution in [1.29, 1.82) is 0 Å². The highest BCUT2D eigenvalue weighted by Gasteiger charge is 2.48. The van der Waals surface area contributed by atoms with Crippen LogP contribution in [0.3, 0.4) is 0 Å². The van der Waals surface area contributed by atoms with Gasteiger partial charge in [0.1, 0.15) is 0 Å². The second kappa shape index (κ2) is 8.31. The van der Waals surface area contributed by atoms with Crippen molar-refractivity contribution >= 4 is 23.6 Å². The third-order valence-corrected chi connectivity index (χ3v) is 4.30. The molecule has 8 heteroatoms. The van der Waals surface area contributed by atoms with Crippen molar-refractivity contribution in [2.45, 2.75) is 19.5 Å². The molecule has 2 aromatic rings. The van der Waals surface area contributed by atoms with Crippen LogP contribution in [0.2, 0.25) is 0 Å². The molecule has 27 heavy (non-hydrogen) atoms. The SMILES string of the molecule is O=C(NCc1ccncc1)Nc1cccc(CNC(=O)C2CC2C(=O)O)c1. The number of hydrogen-bond acceptors (Lipinski definition) is 4. The van der Waals surface area contributed by atoms with Gasteiger partial charge >= 0.3 is 12.0 Å². The number of hydrogen-bond donors (Lipinski definition) is 4. The van der Waals surface area contributed by atoms with Gasteiger partial charge < -0.3 is 21.1 Å². The zero-order chi connectivity index (χ0) is 19.2. The molecule has 2 unspecified atom stereocenters. The fourth-order valence-corrected chi connectivity index (χ4v) is 2.70. The molecule has 140 valence electrons. The molecule has 1 aromatic heterocycles. The van der Waals surface area contributed by atoms with Gasteiger partial charge in [0.25, 0.3) is 0 Å². The van der Waals surface area contributed by atoms with Crippen LogP contribution in [-0.4, -0.2) is 28.0 Å². The molecule has 0 spiro atoms. The Balaban J connectivity index is 1.46. The number of nitrogens with one attached hydrogen (secondary N) is 3. The van der Waals surface area contributed by atoms with E-state index in [9.17, 15) is 14.4 Å². The summed E-state index contributed by atoms with van der Waals surface area (Å²) in [6, 6.07) is 10.4. The van der Waals surface area contributed by atoms with Gasteiger partial charge in [-0.15, -0.1) is 0 Å². The quantitative estimate of drug-likeness (QED) is 0.593. The molecule has 1 aliphatic carbocycles. The van der Waals surface area contributed by atoms with E-state index in [0.717, 1.165) is 11.1 Å². The first kappa shape index (κ1) is 18.4. The first-order valence-electron chi connectivity index (χ1n) is 8.56. The molecule has 4 N–H and O–H groups in total. The fraction of sp³-hybridized carbons (Fsp3) is 0.263. The molecule has 1 saturated carbocycles. The number of amides is 3. The largest absolute Gasteiger partial charge is 0.481 e.